The normalized spacial score (nSPS) is 11.9. The highest BCUT2D eigenvalue weighted by Gasteiger charge is 2.15. The van der Waals surface area contributed by atoms with Crippen molar-refractivity contribution in [3.63, 3.8) is 0 Å². The van der Waals surface area contributed by atoms with Crippen molar-refractivity contribution in [2.45, 2.75) is 19.6 Å². The molecule has 0 saturated carbocycles. The predicted molar refractivity (Wildman–Crippen MR) is 89.3 cm³/mol. The second kappa shape index (κ2) is 8.54. The lowest BCUT2D eigenvalue weighted by atomic mass is 10.2. The summed E-state index contributed by atoms with van der Waals surface area (Å²) in [5.41, 5.74) is 1.88. The highest BCUT2D eigenvalue weighted by Crippen LogP contribution is 2.03. The number of nitrogens with one attached hydrogen (secondary N) is 1. The maximum atomic E-state index is 11.9. The van der Waals surface area contributed by atoms with E-state index >= 15 is 0 Å². The monoisotopic (exact) mass is 309 g/mol. The Morgan fingerprint density at radius 2 is 1.65 bits per heavy atom. The Bertz CT molecular complexity index is 666. The van der Waals surface area contributed by atoms with Gasteiger partial charge in [-0.2, -0.15) is 0 Å². The Morgan fingerprint density at radius 3 is 2.30 bits per heavy atom. The van der Waals surface area contributed by atoms with Crippen LogP contribution in [0.15, 0.2) is 66.7 Å². The molecule has 23 heavy (non-hydrogen) atoms. The quantitative estimate of drug-likeness (QED) is 0.659. The van der Waals surface area contributed by atoms with Crippen LogP contribution in [0.1, 0.15) is 18.1 Å². The van der Waals surface area contributed by atoms with E-state index in [1.807, 2.05) is 60.7 Å². The molecule has 0 aliphatic carbocycles. The molecule has 0 aromatic heterocycles. The van der Waals surface area contributed by atoms with Gasteiger partial charge in [0, 0.05) is 12.6 Å². The first-order valence-electron chi connectivity index (χ1n) is 7.40. The molecule has 0 fully saturated rings. The molecule has 0 aliphatic heterocycles. The highest BCUT2D eigenvalue weighted by atomic mass is 16.5. The fraction of sp³-hybridized carbons (Fsp3) is 0.158. The molecule has 0 aliphatic rings. The molecule has 2 aromatic rings. The molecule has 0 radical (unpaired) electrons. The third-order valence-corrected chi connectivity index (χ3v) is 3.18. The van der Waals surface area contributed by atoms with E-state index in [1.54, 1.807) is 13.0 Å². The van der Waals surface area contributed by atoms with E-state index < -0.39 is 12.1 Å². The van der Waals surface area contributed by atoms with Crippen molar-refractivity contribution in [1.82, 2.24) is 5.32 Å². The first-order chi connectivity index (χ1) is 11.1. The highest BCUT2D eigenvalue weighted by molar-refractivity contribution is 5.90. The third kappa shape index (κ3) is 5.79. The second-order valence-corrected chi connectivity index (χ2v) is 5.03. The van der Waals surface area contributed by atoms with Gasteiger partial charge in [0.1, 0.15) is 0 Å². The number of amides is 1. The van der Waals surface area contributed by atoms with E-state index in [2.05, 4.69) is 5.32 Å². The third-order valence-electron chi connectivity index (χ3n) is 3.18. The zero-order chi connectivity index (χ0) is 16.5. The standard InChI is InChI=1S/C19H19NO3/c1-15(19(22)20-14-17-10-6-3-7-11-17)23-18(21)13-12-16-8-4-2-5-9-16/h2-13,15H,14H2,1H3,(H,20,22)/b13-12+/t15-/m1/s1. The van der Waals surface area contributed by atoms with Crippen molar-refractivity contribution in [1.29, 1.82) is 0 Å². The van der Waals surface area contributed by atoms with Gasteiger partial charge in [-0.15, -0.1) is 0 Å². The topological polar surface area (TPSA) is 55.4 Å². The van der Waals surface area contributed by atoms with Crippen LogP contribution < -0.4 is 5.32 Å². The summed E-state index contributed by atoms with van der Waals surface area (Å²) in [5.74, 6) is -0.869. The summed E-state index contributed by atoms with van der Waals surface area (Å²) in [4.78, 5) is 23.6. The first-order valence-corrected chi connectivity index (χ1v) is 7.40. The number of benzene rings is 2. The van der Waals surface area contributed by atoms with Crippen LogP contribution in [-0.4, -0.2) is 18.0 Å². The summed E-state index contributed by atoms with van der Waals surface area (Å²) in [7, 11) is 0. The van der Waals surface area contributed by atoms with Crippen molar-refractivity contribution < 1.29 is 14.3 Å². The fourth-order valence-corrected chi connectivity index (χ4v) is 1.92. The molecule has 4 nitrogen and oxygen atoms in total. The van der Waals surface area contributed by atoms with Crippen molar-refractivity contribution in [2.75, 3.05) is 0 Å². The van der Waals surface area contributed by atoms with Crippen LogP contribution in [0, 0.1) is 0 Å². The number of carbonyl (C=O) groups excluding carboxylic acids is 2. The van der Waals surface area contributed by atoms with Gasteiger partial charge in [-0.05, 0) is 24.1 Å². The van der Waals surface area contributed by atoms with E-state index in [9.17, 15) is 9.59 Å². The molecule has 2 rings (SSSR count). The molecule has 118 valence electrons. The van der Waals surface area contributed by atoms with Crippen molar-refractivity contribution >= 4 is 18.0 Å². The molecule has 0 bridgehead atoms. The van der Waals surface area contributed by atoms with Crippen LogP contribution in [0.25, 0.3) is 6.08 Å². The molecule has 4 heteroatoms. The summed E-state index contributed by atoms with van der Waals surface area (Å²) < 4.78 is 5.08. The van der Waals surface area contributed by atoms with Crippen molar-refractivity contribution in [3.8, 4) is 0 Å². The van der Waals surface area contributed by atoms with Crippen molar-refractivity contribution in [2.24, 2.45) is 0 Å². The lowest BCUT2D eigenvalue weighted by molar-refractivity contribution is -0.150. The summed E-state index contributed by atoms with van der Waals surface area (Å²) in [6, 6.07) is 19.0. The number of ether oxygens (including phenoxy) is 1. The minimum Gasteiger partial charge on any atom is -0.449 e. The predicted octanol–water partition coefficient (Wildman–Crippen LogP) is 2.95. The van der Waals surface area contributed by atoms with Gasteiger partial charge in [0.15, 0.2) is 6.10 Å². The van der Waals surface area contributed by atoms with Gasteiger partial charge >= 0.3 is 5.97 Å². The maximum Gasteiger partial charge on any atom is 0.331 e. The van der Waals surface area contributed by atoms with Crippen LogP contribution in [0.3, 0.4) is 0 Å². The fourth-order valence-electron chi connectivity index (χ4n) is 1.92. The Balaban J connectivity index is 1.78. The number of esters is 1. The van der Waals surface area contributed by atoms with E-state index in [-0.39, 0.29) is 5.91 Å². The molecule has 2 aromatic carbocycles. The Kier molecular flexibility index (Phi) is 6.12. The Labute approximate surface area is 135 Å². The summed E-state index contributed by atoms with van der Waals surface area (Å²) >= 11 is 0. The summed E-state index contributed by atoms with van der Waals surface area (Å²) in [5, 5.41) is 2.74. The zero-order valence-corrected chi connectivity index (χ0v) is 12.9. The van der Waals surface area contributed by atoms with Crippen LogP contribution in [0.4, 0.5) is 0 Å². The van der Waals surface area contributed by atoms with E-state index in [0.717, 1.165) is 11.1 Å². The molecular weight excluding hydrogens is 290 g/mol. The zero-order valence-electron chi connectivity index (χ0n) is 12.9. The molecule has 1 N–H and O–H groups in total. The van der Waals surface area contributed by atoms with E-state index in [0.29, 0.717) is 6.54 Å². The van der Waals surface area contributed by atoms with Crippen LogP contribution >= 0.6 is 0 Å². The molecule has 0 saturated heterocycles. The average molecular weight is 309 g/mol. The number of hydrogen-bond acceptors (Lipinski definition) is 3. The first kappa shape index (κ1) is 16.5. The molecular formula is C19H19NO3. The van der Waals surface area contributed by atoms with Gasteiger partial charge in [-0.3, -0.25) is 4.79 Å². The molecule has 0 unspecified atom stereocenters. The number of rotatable bonds is 6. The van der Waals surface area contributed by atoms with Gasteiger partial charge < -0.3 is 10.1 Å². The minimum atomic E-state index is -0.841. The van der Waals surface area contributed by atoms with Gasteiger partial charge in [0.2, 0.25) is 0 Å². The Morgan fingerprint density at radius 1 is 1.04 bits per heavy atom. The van der Waals surface area contributed by atoms with E-state index in [1.165, 1.54) is 6.08 Å². The minimum absolute atomic E-state index is 0.324. The van der Waals surface area contributed by atoms with Gasteiger partial charge in [0.25, 0.3) is 5.91 Å². The van der Waals surface area contributed by atoms with Crippen LogP contribution in [-0.2, 0) is 20.9 Å². The molecule has 0 spiro atoms. The molecule has 0 heterocycles. The lowest BCUT2D eigenvalue weighted by Crippen LogP contribution is -2.35. The summed E-state index contributed by atoms with van der Waals surface area (Å²) in [6.45, 7) is 1.95. The smallest absolute Gasteiger partial charge is 0.331 e. The largest absolute Gasteiger partial charge is 0.449 e. The van der Waals surface area contributed by atoms with Crippen LogP contribution in [0.2, 0.25) is 0 Å². The van der Waals surface area contributed by atoms with Gasteiger partial charge in [-0.1, -0.05) is 60.7 Å². The van der Waals surface area contributed by atoms with Gasteiger partial charge in [-0.25, -0.2) is 4.79 Å². The molecule has 1 amide bonds. The second-order valence-electron chi connectivity index (χ2n) is 5.03. The maximum absolute atomic E-state index is 11.9. The van der Waals surface area contributed by atoms with E-state index in [4.69, 9.17) is 4.74 Å². The average Bonchev–Trinajstić information content (AvgIpc) is 2.59. The Hall–Kier alpha value is -2.88. The molecule has 1 atom stereocenters. The SMILES string of the molecule is C[C@@H](OC(=O)/C=C/c1ccccc1)C(=O)NCc1ccccc1. The van der Waals surface area contributed by atoms with Gasteiger partial charge in [0.05, 0.1) is 0 Å². The number of hydrogen-bond donors (Lipinski definition) is 1. The van der Waals surface area contributed by atoms with Crippen LogP contribution in [0.5, 0.6) is 0 Å². The number of carbonyl (C=O) groups is 2. The lowest BCUT2D eigenvalue weighted by Gasteiger charge is -2.12. The summed E-state index contributed by atoms with van der Waals surface area (Å²) in [6.07, 6.45) is 2.12. The van der Waals surface area contributed by atoms with Crippen molar-refractivity contribution in [3.05, 3.63) is 77.9 Å².